The molecule has 4 rings (SSSR count). The Morgan fingerprint density at radius 3 is 2.51 bits per heavy atom. The number of amides is 1. The van der Waals surface area contributed by atoms with E-state index in [1.807, 2.05) is 6.92 Å². The van der Waals surface area contributed by atoms with Gasteiger partial charge in [-0.3, -0.25) is 14.4 Å². The van der Waals surface area contributed by atoms with E-state index >= 15 is 0 Å². The predicted octanol–water partition coefficient (Wildman–Crippen LogP) is 4.42. The maximum Gasteiger partial charge on any atom is 0.407 e. The van der Waals surface area contributed by atoms with Gasteiger partial charge in [-0.05, 0) is 101 Å². The number of rotatable bonds is 9. The van der Waals surface area contributed by atoms with Gasteiger partial charge in [0.2, 0.25) is 5.78 Å². The largest absolute Gasteiger partial charge is 0.458 e. The normalized spacial score (nSPS) is 36.4. The van der Waals surface area contributed by atoms with Crippen molar-refractivity contribution in [3.63, 3.8) is 0 Å². The van der Waals surface area contributed by atoms with Gasteiger partial charge >= 0.3 is 12.1 Å². The number of carbonyl (C=O) groups excluding carboxylic acids is 4. The number of ketones is 2. The van der Waals surface area contributed by atoms with Crippen LogP contribution in [0.25, 0.3) is 0 Å². The van der Waals surface area contributed by atoms with Gasteiger partial charge in [0.1, 0.15) is 11.2 Å². The topological polar surface area (TPSA) is 139 Å². The number of aliphatic hydroxyl groups is 2. The summed E-state index contributed by atoms with van der Waals surface area (Å²) in [7, 11) is 0. The van der Waals surface area contributed by atoms with Crippen molar-refractivity contribution < 1.29 is 38.9 Å². The highest BCUT2D eigenvalue weighted by atomic mass is 16.6. The van der Waals surface area contributed by atoms with Crippen LogP contribution in [0.1, 0.15) is 105 Å². The Bertz CT molecular complexity index is 1080. The molecule has 0 aliphatic heterocycles. The molecular weight excluding hydrogens is 526 g/mol. The van der Waals surface area contributed by atoms with Crippen LogP contribution in [0, 0.1) is 28.6 Å². The summed E-state index contributed by atoms with van der Waals surface area (Å²) in [5.74, 6) is -0.579. The molecule has 3 fully saturated rings. The van der Waals surface area contributed by atoms with E-state index in [0.717, 1.165) is 24.8 Å². The Balaban J connectivity index is 1.27. The third-order valence-electron chi connectivity index (χ3n) is 10.6. The monoisotopic (exact) mass is 575 g/mol. The zero-order valence-corrected chi connectivity index (χ0v) is 25.4. The van der Waals surface area contributed by atoms with Crippen LogP contribution in [0.2, 0.25) is 0 Å². The molecule has 0 saturated heterocycles. The van der Waals surface area contributed by atoms with Gasteiger partial charge in [0, 0.05) is 24.8 Å². The van der Waals surface area contributed by atoms with Gasteiger partial charge in [-0.1, -0.05) is 25.8 Å². The average molecular weight is 576 g/mol. The van der Waals surface area contributed by atoms with Crippen molar-refractivity contribution in [2.24, 2.45) is 28.6 Å². The molecule has 4 aliphatic carbocycles. The van der Waals surface area contributed by atoms with E-state index in [-0.39, 0.29) is 35.4 Å². The second kappa shape index (κ2) is 11.8. The molecule has 0 aromatic carbocycles. The first-order chi connectivity index (χ1) is 19.1. The number of Topliss-reactive ketones (excluding diaryl/α,β-unsaturated/α-hetero) is 1. The van der Waals surface area contributed by atoms with Crippen molar-refractivity contribution in [1.82, 2.24) is 5.32 Å². The van der Waals surface area contributed by atoms with Gasteiger partial charge in [0.05, 0.1) is 6.10 Å². The van der Waals surface area contributed by atoms with Crippen LogP contribution in [0.3, 0.4) is 0 Å². The van der Waals surface area contributed by atoms with Crippen molar-refractivity contribution in [2.45, 2.75) is 123 Å². The molecule has 41 heavy (non-hydrogen) atoms. The minimum Gasteiger partial charge on any atom is -0.458 e. The summed E-state index contributed by atoms with van der Waals surface area (Å²) in [4.78, 5) is 49.5. The Labute approximate surface area is 243 Å². The van der Waals surface area contributed by atoms with Crippen LogP contribution >= 0.6 is 0 Å². The predicted molar refractivity (Wildman–Crippen MR) is 152 cm³/mol. The quantitative estimate of drug-likeness (QED) is 0.271. The number of allylic oxidation sites excluding steroid dienone is 1. The molecule has 7 atom stereocenters. The molecule has 1 amide bonds. The van der Waals surface area contributed by atoms with Crippen LogP contribution in [0.5, 0.6) is 0 Å². The molecule has 0 heterocycles. The number of carbonyl (C=O) groups is 4. The SMILES string of the molecule is CC(C)(C)OC(=O)NCCCCCC(=O)OCC(=O)[C@@]1(O)CC[C@H]2[C@@H]3CCC4=CC(=O)CC[C@]4(C)[C@H]3[C@@H](O)C[C@@]21C. The molecule has 230 valence electrons. The summed E-state index contributed by atoms with van der Waals surface area (Å²) >= 11 is 0. The van der Waals surface area contributed by atoms with E-state index in [1.54, 1.807) is 26.8 Å². The van der Waals surface area contributed by atoms with Crippen molar-refractivity contribution in [1.29, 1.82) is 0 Å². The molecule has 0 spiro atoms. The van der Waals surface area contributed by atoms with Gasteiger partial charge in [-0.2, -0.15) is 0 Å². The molecule has 3 saturated carbocycles. The van der Waals surface area contributed by atoms with Crippen LogP contribution in [0.4, 0.5) is 4.79 Å². The lowest BCUT2D eigenvalue weighted by molar-refractivity contribution is -0.184. The lowest BCUT2D eigenvalue weighted by Gasteiger charge is -2.60. The maximum absolute atomic E-state index is 13.4. The number of fused-ring (bicyclic) bond motifs is 5. The van der Waals surface area contributed by atoms with Crippen molar-refractivity contribution >= 4 is 23.6 Å². The first-order valence-electron chi connectivity index (χ1n) is 15.4. The van der Waals surface area contributed by atoms with Gasteiger partial charge in [-0.15, -0.1) is 0 Å². The van der Waals surface area contributed by atoms with Crippen molar-refractivity contribution in [3.05, 3.63) is 11.6 Å². The van der Waals surface area contributed by atoms with E-state index in [0.29, 0.717) is 51.5 Å². The molecule has 0 unspecified atom stereocenters. The fraction of sp³-hybridized carbons (Fsp3) is 0.812. The van der Waals surface area contributed by atoms with E-state index in [1.165, 1.54) is 0 Å². The molecule has 9 heteroatoms. The fourth-order valence-corrected chi connectivity index (χ4v) is 8.56. The van der Waals surface area contributed by atoms with Crippen LogP contribution in [-0.2, 0) is 23.9 Å². The molecule has 0 bridgehead atoms. The number of ether oxygens (including phenoxy) is 2. The summed E-state index contributed by atoms with van der Waals surface area (Å²) < 4.78 is 10.5. The van der Waals surface area contributed by atoms with Crippen LogP contribution < -0.4 is 5.32 Å². The molecule has 0 radical (unpaired) electrons. The van der Waals surface area contributed by atoms with E-state index in [2.05, 4.69) is 12.2 Å². The molecule has 0 aromatic heterocycles. The summed E-state index contributed by atoms with van der Waals surface area (Å²) in [6.45, 7) is 9.46. The number of hydrogen-bond donors (Lipinski definition) is 3. The third-order valence-corrected chi connectivity index (χ3v) is 10.6. The molecule has 9 nitrogen and oxygen atoms in total. The van der Waals surface area contributed by atoms with Crippen LogP contribution in [0.15, 0.2) is 11.6 Å². The van der Waals surface area contributed by atoms with Gasteiger partial charge in [-0.25, -0.2) is 4.79 Å². The summed E-state index contributed by atoms with van der Waals surface area (Å²) in [6.07, 6.45) is 6.90. The highest BCUT2D eigenvalue weighted by molar-refractivity contribution is 5.92. The van der Waals surface area contributed by atoms with Gasteiger partial charge < -0.3 is 25.0 Å². The minimum absolute atomic E-state index is 0.00305. The van der Waals surface area contributed by atoms with Crippen molar-refractivity contribution in [3.8, 4) is 0 Å². The number of hydrogen-bond acceptors (Lipinski definition) is 8. The second-order valence-corrected chi connectivity index (χ2v) is 14.3. The minimum atomic E-state index is -1.66. The Morgan fingerprint density at radius 1 is 1.07 bits per heavy atom. The standard InChI is InChI=1S/C32H49NO8/c1-29(2,3)41-28(38)33-16-8-6-7-9-26(37)40-19-25(36)32(39)15-13-23-22-11-10-20-17-21(34)12-14-30(20,4)27(22)24(35)18-31(23,32)5/h17,22-24,27,35,39H,6-16,18-19H2,1-5H3,(H,33,38)/t22-,23-,24-,27+,30-,31-,32-/m0/s1. The summed E-state index contributed by atoms with van der Waals surface area (Å²) in [6, 6.07) is 0. The average Bonchev–Trinajstić information content (AvgIpc) is 3.14. The second-order valence-electron chi connectivity index (χ2n) is 14.3. The highest BCUT2D eigenvalue weighted by Gasteiger charge is 2.68. The number of aliphatic hydroxyl groups excluding tert-OH is 1. The Morgan fingerprint density at radius 2 is 1.80 bits per heavy atom. The molecule has 4 aliphatic rings. The zero-order valence-electron chi connectivity index (χ0n) is 25.4. The third kappa shape index (κ3) is 6.26. The van der Waals surface area contributed by atoms with Crippen LogP contribution in [-0.4, -0.2) is 64.3 Å². The van der Waals surface area contributed by atoms with Crippen molar-refractivity contribution in [2.75, 3.05) is 13.2 Å². The molecular formula is C32H49NO8. The fourth-order valence-electron chi connectivity index (χ4n) is 8.56. The lowest BCUT2D eigenvalue weighted by atomic mass is 9.45. The highest BCUT2D eigenvalue weighted by Crippen LogP contribution is 2.67. The van der Waals surface area contributed by atoms with E-state index < -0.39 is 47.2 Å². The molecule has 3 N–H and O–H groups in total. The lowest BCUT2D eigenvalue weighted by Crippen LogP contribution is -2.62. The first-order valence-corrected chi connectivity index (χ1v) is 15.4. The van der Waals surface area contributed by atoms with E-state index in [4.69, 9.17) is 9.47 Å². The first kappa shape index (κ1) is 31.7. The number of esters is 1. The summed E-state index contributed by atoms with van der Waals surface area (Å²) in [5, 5.41) is 26.0. The van der Waals surface area contributed by atoms with Gasteiger partial charge in [0.15, 0.2) is 12.4 Å². The molecule has 0 aromatic rings. The number of nitrogens with one attached hydrogen (secondary N) is 1. The number of unbranched alkanes of at least 4 members (excludes halogenated alkanes) is 2. The zero-order chi connectivity index (χ0) is 30.2. The van der Waals surface area contributed by atoms with Gasteiger partial charge in [0.25, 0.3) is 0 Å². The maximum atomic E-state index is 13.4. The Kier molecular flexibility index (Phi) is 9.11. The Hall–Kier alpha value is -2.26. The number of alkyl carbamates (subject to hydrolysis) is 1. The van der Waals surface area contributed by atoms with E-state index in [9.17, 15) is 29.4 Å². The smallest absolute Gasteiger partial charge is 0.407 e. The summed E-state index contributed by atoms with van der Waals surface area (Å²) in [5.41, 5.74) is -2.10.